The number of rotatable bonds is 11. The van der Waals surface area contributed by atoms with E-state index in [2.05, 4.69) is 46.8 Å². The SMILES string of the molecule is CN1CCN(CCCNC(=O)c2nc3cc(-c4cc(Cl)c5cnccc5n4)ccc3n2COCC[Si](C)(C)C)CC1. The third-order valence-electron chi connectivity index (χ3n) is 7.56. The Morgan fingerprint density at radius 3 is 2.66 bits per heavy atom. The van der Waals surface area contributed by atoms with Crippen molar-refractivity contribution in [2.24, 2.45) is 0 Å². The van der Waals surface area contributed by atoms with Gasteiger partial charge in [-0.25, -0.2) is 9.97 Å². The molecular formula is C30H40ClN7O2Si. The molecule has 0 bridgehead atoms. The number of halogens is 1. The maximum absolute atomic E-state index is 13.4. The van der Waals surface area contributed by atoms with Gasteiger partial charge in [-0.3, -0.25) is 14.3 Å². The summed E-state index contributed by atoms with van der Waals surface area (Å²) < 4.78 is 7.96. The molecule has 218 valence electrons. The van der Waals surface area contributed by atoms with Crippen molar-refractivity contribution in [2.75, 3.05) is 52.9 Å². The first-order chi connectivity index (χ1) is 19.7. The third-order valence-corrected chi connectivity index (χ3v) is 9.57. The van der Waals surface area contributed by atoms with Crippen molar-refractivity contribution in [1.82, 2.24) is 34.6 Å². The summed E-state index contributed by atoms with van der Waals surface area (Å²) in [6.45, 7) is 13.8. The molecule has 1 aromatic carbocycles. The molecule has 9 nitrogen and oxygen atoms in total. The van der Waals surface area contributed by atoms with Crippen molar-refractivity contribution >= 4 is 47.5 Å². The number of fused-ring (bicyclic) bond motifs is 2. The Morgan fingerprint density at radius 1 is 1.07 bits per heavy atom. The number of piperazine rings is 1. The van der Waals surface area contributed by atoms with Gasteiger partial charge < -0.3 is 19.9 Å². The lowest BCUT2D eigenvalue weighted by Crippen LogP contribution is -2.45. The Balaban J connectivity index is 1.35. The number of nitrogens with zero attached hydrogens (tertiary/aromatic N) is 6. The van der Waals surface area contributed by atoms with Crippen LogP contribution in [0.25, 0.3) is 33.2 Å². The zero-order chi connectivity index (χ0) is 29.0. The number of hydrogen-bond acceptors (Lipinski definition) is 7. The van der Waals surface area contributed by atoms with E-state index in [0.717, 1.165) is 72.9 Å². The highest BCUT2D eigenvalue weighted by Crippen LogP contribution is 2.29. The van der Waals surface area contributed by atoms with E-state index in [0.29, 0.717) is 29.5 Å². The molecule has 1 N–H and O–H groups in total. The van der Waals surface area contributed by atoms with Crippen molar-refractivity contribution in [2.45, 2.75) is 38.8 Å². The number of nitrogens with one attached hydrogen (secondary N) is 1. The summed E-state index contributed by atoms with van der Waals surface area (Å²) in [5.74, 6) is 0.176. The highest BCUT2D eigenvalue weighted by molar-refractivity contribution is 6.76. The topological polar surface area (TPSA) is 88.4 Å². The molecule has 1 aliphatic heterocycles. The lowest BCUT2D eigenvalue weighted by Gasteiger charge is -2.32. The highest BCUT2D eigenvalue weighted by atomic mass is 35.5. The average Bonchev–Trinajstić information content (AvgIpc) is 3.31. The Bertz CT molecular complexity index is 1510. The van der Waals surface area contributed by atoms with Gasteiger partial charge in [0.25, 0.3) is 5.91 Å². The lowest BCUT2D eigenvalue weighted by molar-refractivity contribution is 0.0801. The lowest BCUT2D eigenvalue weighted by atomic mass is 10.1. The minimum Gasteiger partial charge on any atom is -0.361 e. The fourth-order valence-corrected chi connectivity index (χ4v) is 5.96. The Hall–Kier alpha value is -2.89. The van der Waals surface area contributed by atoms with E-state index in [4.69, 9.17) is 26.3 Å². The number of ether oxygens (including phenoxy) is 1. The Kier molecular flexibility index (Phi) is 9.35. The minimum absolute atomic E-state index is 0.186. The summed E-state index contributed by atoms with van der Waals surface area (Å²) in [4.78, 5) is 31.9. The van der Waals surface area contributed by atoms with Crippen molar-refractivity contribution in [3.05, 3.63) is 53.6 Å². The number of amides is 1. The van der Waals surface area contributed by atoms with E-state index in [1.54, 1.807) is 12.4 Å². The van der Waals surface area contributed by atoms with E-state index in [1.165, 1.54) is 0 Å². The van der Waals surface area contributed by atoms with Crippen LogP contribution >= 0.6 is 11.6 Å². The normalized spacial score (nSPS) is 15.1. The van der Waals surface area contributed by atoms with Crippen LogP contribution in [0.2, 0.25) is 30.7 Å². The number of benzene rings is 1. The van der Waals surface area contributed by atoms with Gasteiger partial charge in [-0.05, 0) is 50.3 Å². The maximum atomic E-state index is 13.4. The van der Waals surface area contributed by atoms with Gasteiger partial charge in [0.2, 0.25) is 5.82 Å². The molecule has 11 heteroatoms. The van der Waals surface area contributed by atoms with Crippen LogP contribution < -0.4 is 5.32 Å². The number of aromatic nitrogens is 4. The fraction of sp³-hybridized carbons (Fsp3) is 0.467. The summed E-state index contributed by atoms with van der Waals surface area (Å²) in [6, 6.07) is 10.7. The van der Waals surface area contributed by atoms with Gasteiger partial charge >= 0.3 is 0 Å². The molecule has 4 aromatic rings. The van der Waals surface area contributed by atoms with Crippen molar-refractivity contribution in [3.8, 4) is 11.3 Å². The number of imidazole rings is 1. The number of carbonyl (C=O) groups excluding carboxylic acids is 1. The van der Waals surface area contributed by atoms with Gasteiger partial charge in [-0.2, -0.15) is 0 Å². The molecule has 0 spiro atoms. The summed E-state index contributed by atoms with van der Waals surface area (Å²) in [5.41, 5.74) is 3.96. The van der Waals surface area contributed by atoms with Crippen molar-refractivity contribution < 1.29 is 9.53 Å². The summed E-state index contributed by atoms with van der Waals surface area (Å²) in [7, 11) is 0.924. The largest absolute Gasteiger partial charge is 0.361 e. The summed E-state index contributed by atoms with van der Waals surface area (Å²) >= 11 is 6.55. The molecular weight excluding hydrogens is 554 g/mol. The first-order valence-corrected chi connectivity index (χ1v) is 18.4. The van der Waals surface area contributed by atoms with Crippen molar-refractivity contribution in [1.29, 1.82) is 0 Å². The highest BCUT2D eigenvalue weighted by Gasteiger charge is 2.20. The molecule has 3 aromatic heterocycles. The zero-order valence-corrected chi connectivity index (χ0v) is 26.2. The molecule has 4 heterocycles. The van der Waals surface area contributed by atoms with Crippen LogP contribution in [0, 0.1) is 0 Å². The number of likely N-dealkylation sites (N-methyl/N-ethyl adjacent to an activating group) is 1. The number of pyridine rings is 2. The molecule has 1 aliphatic rings. The predicted molar refractivity (Wildman–Crippen MR) is 168 cm³/mol. The first kappa shape index (κ1) is 29.6. The van der Waals surface area contributed by atoms with E-state index in [9.17, 15) is 4.79 Å². The molecule has 0 atom stereocenters. The van der Waals surface area contributed by atoms with Crippen LogP contribution in [0.1, 0.15) is 17.0 Å². The number of hydrogen-bond donors (Lipinski definition) is 1. The summed E-state index contributed by atoms with van der Waals surface area (Å²) in [6.07, 6.45) is 4.33. The fourth-order valence-electron chi connectivity index (χ4n) is 4.96. The Labute approximate surface area is 247 Å². The Morgan fingerprint density at radius 2 is 1.88 bits per heavy atom. The monoisotopic (exact) mass is 593 g/mol. The average molecular weight is 594 g/mol. The van der Waals surface area contributed by atoms with Gasteiger partial charge in [0.1, 0.15) is 6.73 Å². The van der Waals surface area contributed by atoms with Gasteiger partial charge in [0.15, 0.2) is 0 Å². The first-order valence-electron chi connectivity index (χ1n) is 14.4. The van der Waals surface area contributed by atoms with Crippen LogP contribution in [-0.2, 0) is 11.5 Å². The molecule has 0 aliphatic carbocycles. The molecule has 5 rings (SSSR count). The molecule has 1 saturated heterocycles. The molecule has 41 heavy (non-hydrogen) atoms. The smallest absolute Gasteiger partial charge is 0.287 e. The van der Waals surface area contributed by atoms with Gasteiger partial charge in [-0.15, -0.1) is 0 Å². The quantitative estimate of drug-likeness (QED) is 0.194. The van der Waals surface area contributed by atoms with Crippen LogP contribution in [0.3, 0.4) is 0 Å². The van der Waals surface area contributed by atoms with Crippen LogP contribution in [0.4, 0.5) is 0 Å². The maximum Gasteiger partial charge on any atom is 0.287 e. The molecule has 0 saturated carbocycles. The van der Waals surface area contributed by atoms with E-state index in [1.807, 2.05) is 34.9 Å². The molecule has 0 radical (unpaired) electrons. The van der Waals surface area contributed by atoms with Gasteiger partial charge in [-0.1, -0.05) is 37.3 Å². The molecule has 0 unspecified atom stereocenters. The van der Waals surface area contributed by atoms with Crippen molar-refractivity contribution in [3.63, 3.8) is 0 Å². The second-order valence-electron chi connectivity index (χ2n) is 12.1. The van der Waals surface area contributed by atoms with Crippen LogP contribution in [-0.4, -0.2) is 96.2 Å². The zero-order valence-electron chi connectivity index (χ0n) is 24.5. The predicted octanol–water partition coefficient (Wildman–Crippen LogP) is 4.98. The van der Waals surface area contributed by atoms with E-state index >= 15 is 0 Å². The number of carbonyl (C=O) groups is 1. The molecule has 1 fully saturated rings. The standard InChI is InChI=1S/C30H40ClN7O2Si/c1-36-12-14-37(15-13-36)11-5-9-33-30(39)29-35-27-18-22(26-19-24(31)23-20-32-10-8-25(23)34-26)6-7-28(27)38(29)21-40-16-17-41(2,3)4/h6-8,10,18-20H,5,9,11-17,21H2,1-4H3,(H,33,39). The van der Waals surface area contributed by atoms with Gasteiger partial charge in [0, 0.05) is 70.7 Å². The summed E-state index contributed by atoms with van der Waals surface area (Å²) in [5, 5.41) is 4.50. The third kappa shape index (κ3) is 7.50. The second kappa shape index (κ2) is 13.0. The van der Waals surface area contributed by atoms with Gasteiger partial charge in [0.05, 0.1) is 27.3 Å². The van der Waals surface area contributed by atoms with Crippen LogP contribution in [0.5, 0.6) is 0 Å². The van der Waals surface area contributed by atoms with Crippen LogP contribution in [0.15, 0.2) is 42.7 Å². The molecule has 1 amide bonds. The van der Waals surface area contributed by atoms with E-state index < -0.39 is 8.07 Å². The minimum atomic E-state index is -1.24. The second-order valence-corrected chi connectivity index (χ2v) is 18.1. The van der Waals surface area contributed by atoms with E-state index in [-0.39, 0.29) is 12.6 Å².